The van der Waals surface area contributed by atoms with Gasteiger partial charge in [-0.25, -0.2) is 0 Å². The van der Waals surface area contributed by atoms with Crippen molar-refractivity contribution in [3.05, 3.63) is 24.5 Å². The van der Waals surface area contributed by atoms with E-state index in [1.807, 2.05) is 0 Å². The van der Waals surface area contributed by atoms with Crippen LogP contribution < -0.4 is 0 Å². The minimum atomic E-state index is -0.646. The Labute approximate surface area is 104 Å². The fourth-order valence-electron chi connectivity index (χ4n) is 1.12. The van der Waals surface area contributed by atoms with Crippen LogP contribution in [0.2, 0.25) is 0 Å². The van der Waals surface area contributed by atoms with E-state index in [1.165, 1.54) is 6.21 Å². The number of hydrogen-bond donors (Lipinski definition) is 2. The van der Waals surface area contributed by atoms with Gasteiger partial charge in [-0.3, -0.25) is 25.0 Å². The van der Waals surface area contributed by atoms with Crippen LogP contribution in [0.4, 0.5) is 5.69 Å². The van der Waals surface area contributed by atoms with E-state index in [2.05, 4.69) is 9.98 Å². The highest BCUT2D eigenvalue weighted by Gasteiger charge is 2.15. The van der Waals surface area contributed by atoms with Gasteiger partial charge in [0, 0.05) is 37.7 Å². The van der Waals surface area contributed by atoms with Gasteiger partial charge >= 0.3 is 0 Å². The van der Waals surface area contributed by atoms with Crippen LogP contribution in [0.1, 0.15) is 12.8 Å². The van der Waals surface area contributed by atoms with Crippen molar-refractivity contribution in [2.45, 2.75) is 12.8 Å². The van der Waals surface area contributed by atoms with E-state index in [1.54, 1.807) is 24.5 Å². The molecule has 0 unspecified atom stereocenters. The minimum absolute atomic E-state index is 0.106. The quantitative estimate of drug-likeness (QED) is 0.558. The molecule has 92 valence electrons. The summed E-state index contributed by atoms with van der Waals surface area (Å²) in [6.07, 6.45) is 5.05. The Balaban J connectivity index is 2.51. The Morgan fingerprint density at radius 3 is 2.44 bits per heavy atom. The molecular weight excluding hydrogens is 232 g/mol. The van der Waals surface area contributed by atoms with Gasteiger partial charge in [-0.2, -0.15) is 0 Å². The largest absolute Gasteiger partial charge is 0.313 e. The first kappa shape index (κ1) is 13.6. The molecule has 0 aliphatic rings. The van der Waals surface area contributed by atoms with Crippen molar-refractivity contribution >= 4 is 35.4 Å². The predicted molar refractivity (Wildman–Crippen MR) is 68.1 cm³/mol. The molecule has 0 saturated heterocycles. The lowest BCUT2D eigenvalue weighted by Gasteiger charge is -1.96. The number of aromatic nitrogens is 1. The Hall–Kier alpha value is -2.50. The third kappa shape index (κ3) is 4.17. The summed E-state index contributed by atoms with van der Waals surface area (Å²) in [7, 11) is 0. The molecule has 0 fully saturated rings. The van der Waals surface area contributed by atoms with E-state index in [0.29, 0.717) is 5.69 Å². The first-order valence-corrected chi connectivity index (χ1v) is 5.21. The molecule has 0 spiro atoms. The molecule has 1 aromatic heterocycles. The van der Waals surface area contributed by atoms with Crippen molar-refractivity contribution < 1.29 is 9.59 Å². The highest BCUT2D eigenvalue weighted by Crippen LogP contribution is 2.07. The van der Waals surface area contributed by atoms with Gasteiger partial charge in [-0.05, 0) is 12.1 Å². The standard InChI is InChI=1S/C12H12N4O2/c13-5-1-10(17)12(14)11(18)4-8-16-9-2-6-15-7-3-9/h2-3,5-8,13-14H,1,4H2. The highest BCUT2D eigenvalue weighted by molar-refractivity contribution is 6.66. The summed E-state index contributed by atoms with van der Waals surface area (Å²) >= 11 is 0. The highest BCUT2D eigenvalue weighted by atomic mass is 16.1. The van der Waals surface area contributed by atoms with Gasteiger partial charge in [0.25, 0.3) is 0 Å². The molecule has 0 saturated carbocycles. The van der Waals surface area contributed by atoms with Gasteiger partial charge in [0.15, 0.2) is 11.6 Å². The summed E-state index contributed by atoms with van der Waals surface area (Å²) in [5, 5.41) is 14.0. The third-order valence-electron chi connectivity index (χ3n) is 2.02. The Morgan fingerprint density at radius 1 is 1.22 bits per heavy atom. The average Bonchev–Trinajstić information content (AvgIpc) is 2.39. The second-order valence-corrected chi connectivity index (χ2v) is 3.35. The number of aliphatic imine (C=N–C) groups is 1. The van der Waals surface area contributed by atoms with Crippen LogP contribution in [-0.4, -0.2) is 34.7 Å². The molecule has 6 nitrogen and oxygen atoms in total. The van der Waals surface area contributed by atoms with E-state index in [4.69, 9.17) is 10.8 Å². The molecule has 1 heterocycles. The second-order valence-electron chi connectivity index (χ2n) is 3.35. The van der Waals surface area contributed by atoms with Crippen molar-refractivity contribution in [2.75, 3.05) is 0 Å². The van der Waals surface area contributed by atoms with Gasteiger partial charge in [-0.15, -0.1) is 0 Å². The normalized spacial score (nSPS) is 10.2. The zero-order chi connectivity index (χ0) is 13.4. The molecule has 0 aliphatic carbocycles. The van der Waals surface area contributed by atoms with Gasteiger partial charge in [0.05, 0.1) is 5.69 Å². The number of nitrogens with one attached hydrogen (secondary N) is 2. The first-order chi connectivity index (χ1) is 8.65. The molecule has 1 aromatic rings. The summed E-state index contributed by atoms with van der Waals surface area (Å²) in [4.78, 5) is 30.4. The number of nitrogens with zero attached hydrogens (tertiary/aromatic N) is 2. The molecule has 2 N–H and O–H groups in total. The zero-order valence-corrected chi connectivity index (χ0v) is 9.59. The molecule has 0 aliphatic heterocycles. The molecule has 0 atom stereocenters. The number of ketones is 2. The molecule has 18 heavy (non-hydrogen) atoms. The molecule has 0 radical (unpaired) electrons. The Morgan fingerprint density at radius 2 is 1.83 bits per heavy atom. The van der Waals surface area contributed by atoms with Crippen molar-refractivity contribution in [3.8, 4) is 0 Å². The number of carbonyl (C=O) groups is 2. The van der Waals surface area contributed by atoms with Crippen molar-refractivity contribution in [1.29, 1.82) is 10.8 Å². The number of carbonyl (C=O) groups excluding carboxylic acids is 2. The smallest absolute Gasteiger partial charge is 0.189 e. The summed E-state index contributed by atoms with van der Waals surface area (Å²) < 4.78 is 0. The van der Waals surface area contributed by atoms with Crippen LogP contribution >= 0.6 is 0 Å². The predicted octanol–water partition coefficient (Wildman–Crippen LogP) is 1.37. The lowest BCUT2D eigenvalue weighted by atomic mass is 10.1. The van der Waals surface area contributed by atoms with Crippen LogP contribution in [0.5, 0.6) is 0 Å². The maximum Gasteiger partial charge on any atom is 0.189 e. The monoisotopic (exact) mass is 244 g/mol. The maximum absolute atomic E-state index is 11.4. The summed E-state index contributed by atoms with van der Waals surface area (Å²) in [5.41, 5.74) is 0.0647. The number of rotatable bonds is 7. The molecular formula is C12H12N4O2. The van der Waals surface area contributed by atoms with E-state index >= 15 is 0 Å². The maximum atomic E-state index is 11.4. The fourth-order valence-corrected chi connectivity index (χ4v) is 1.12. The molecule has 1 rings (SSSR count). The van der Waals surface area contributed by atoms with Crippen molar-refractivity contribution in [1.82, 2.24) is 4.98 Å². The lowest BCUT2D eigenvalue weighted by Crippen LogP contribution is -2.23. The van der Waals surface area contributed by atoms with Gasteiger partial charge < -0.3 is 5.41 Å². The molecule has 0 amide bonds. The number of Topliss-reactive ketones (excluding diaryl/α,β-unsaturated/α-hetero) is 2. The first-order valence-electron chi connectivity index (χ1n) is 5.21. The summed E-state index contributed by atoms with van der Waals surface area (Å²) in [5.74, 6) is -1.24. The molecule has 6 heteroatoms. The van der Waals surface area contributed by atoms with Crippen LogP contribution in [0, 0.1) is 10.8 Å². The van der Waals surface area contributed by atoms with Gasteiger partial charge in [-0.1, -0.05) is 0 Å². The van der Waals surface area contributed by atoms with Gasteiger partial charge in [0.2, 0.25) is 0 Å². The summed E-state index contributed by atoms with van der Waals surface area (Å²) in [6.45, 7) is 0. The average molecular weight is 244 g/mol. The van der Waals surface area contributed by atoms with Crippen molar-refractivity contribution in [3.63, 3.8) is 0 Å². The topological polar surface area (TPSA) is 107 Å². The molecule has 0 bridgehead atoms. The Bertz CT molecular complexity index is 494. The molecule has 0 aromatic carbocycles. The second kappa shape index (κ2) is 6.95. The van der Waals surface area contributed by atoms with E-state index < -0.39 is 17.3 Å². The van der Waals surface area contributed by atoms with E-state index in [-0.39, 0.29) is 12.8 Å². The zero-order valence-electron chi connectivity index (χ0n) is 9.59. The van der Waals surface area contributed by atoms with Crippen LogP contribution in [-0.2, 0) is 9.59 Å². The third-order valence-corrected chi connectivity index (χ3v) is 2.02. The van der Waals surface area contributed by atoms with Crippen LogP contribution in [0.25, 0.3) is 0 Å². The van der Waals surface area contributed by atoms with Gasteiger partial charge in [0.1, 0.15) is 5.71 Å². The number of hydrogen-bond acceptors (Lipinski definition) is 6. The van der Waals surface area contributed by atoms with E-state index in [9.17, 15) is 9.59 Å². The number of pyridine rings is 1. The van der Waals surface area contributed by atoms with Crippen molar-refractivity contribution in [2.24, 2.45) is 4.99 Å². The van der Waals surface area contributed by atoms with E-state index in [0.717, 1.165) is 6.21 Å². The van der Waals surface area contributed by atoms with Crippen LogP contribution in [0.3, 0.4) is 0 Å². The van der Waals surface area contributed by atoms with Crippen LogP contribution in [0.15, 0.2) is 29.5 Å². The minimum Gasteiger partial charge on any atom is -0.313 e. The Kier molecular flexibility index (Phi) is 5.24. The summed E-state index contributed by atoms with van der Waals surface area (Å²) in [6, 6.07) is 3.35. The lowest BCUT2D eigenvalue weighted by molar-refractivity contribution is -0.115. The SMILES string of the molecule is N=CCC(=O)C(=N)C(=O)CC=Nc1ccncc1. The fraction of sp³-hybridized carbons (Fsp3) is 0.167.